The molecule has 1 saturated heterocycles. The van der Waals surface area contributed by atoms with Crippen molar-refractivity contribution in [3.05, 3.63) is 0 Å². The summed E-state index contributed by atoms with van der Waals surface area (Å²) in [6.45, 7) is 6.52. The third-order valence-corrected chi connectivity index (χ3v) is 5.16. The Morgan fingerprint density at radius 3 is 2.50 bits per heavy atom. The average molecular weight is 217 g/mol. The van der Waals surface area contributed by atoms with E-state index in [0.29, 0.717) is 17.3 Å². The van der Waals surface area contributed by atoms with E-state index in [1.54, 1.807) is 0 Å². The zero-order chi connectivity index (χ0) is 10.6. The van der Waals surface area contributed by atoms with Gasteiger partial charge in [0.2, 0.25) is 0 Å². The van der Waals surface area contributed by atoms with E-state index in [9.17, 15) is 4.21 Å². The first-order valence-electron chi connectivity index (χ1n) is 5.86. The van der Waals surface area contributed by atoms with Crippen LogP contribution in [0.15, 0.2) is 0 Å². The molecule has 0 aromatic heterocycles. The lowest BCUT2D eigenvalue weighted by Crippen LogP contribution is -2.54. The summed E-state index contributed by atoms with van der Waals surface area (Å²) < 4.78 is 12.0. The van der Waals surface area contributed by atoms with Gasteiger partial charge in [0.15, 0.2) is 0 Å². The Hall–Kier alpha value is 0.110. The maximum Gasteiger partial charge on any atom is 0.0499 e. The lowest BCUT2D eigenvalue weighted by atomic mass is 10.0. The zero-order valence-corrected chi connectivity index (χ0v) is 10.4. The van der Waals surface area contributed by atoms with Crippen molar-refractivity contribution < 1.29 is 4.21 Å². The minimum atomic E-state index is -0.602. The Morgan fingerprint density at radius 1 is 1.29 bits per heavy atom. The standard InChI is InChI=1S/C11H23NOS/c1-4-7-10-11(6-3)14(13)8-9(5-2)12-10/h9-12H,4-8H2,1-3H3. The van der Waals surface area contributed by atoms with Crippen molar-refractivity contribution in [3.63, 3.8) is 0 Å². The van der Waals surface area contributed by atoms with Crippen molar-refractivity contribution in [2.45, 2.75) is 63.8 Å². The second-order valence-electron chi connectivity index (χ2n) is 4.16. The van der Waals surface area contributed by atoms with Gasteiger partial charge in [-0.1, -0.05) is 27.2 Å². The topological polar surface area (TPSA) is 29.1 Å². The van der Waals surface area contributed by atoms with Crippen LogP contribution in [0.2, 0.25) is 0 Å². The maximum atomic E-state index is 12.0. The molecule has 84 valence electrons. The van der Waals surface area contributed by atoms with Gasteiger partial charge in [0.25, 0.3) is 0 Å². The third-order valence-electron chi connectivity index (χ3n) is 3.10. The molecule has 1 fully saturated rings. The van der Waals surface area contributed by atoms with E-state index in [2.05, 4.69) is 26.1 Å². The Balaban J connectivity index is 2.61. The van der Waals surface area contributed by atoms with Crippen molar-refractivity contribution in [3.8, 4) is 0 Å². The van der Waals surface area contributed by atoms with Crippen LogP contribution in [-0.2, 0) is 10.8 Å². The highest BCUT2D eigenvalue weighted by atomic mass is 32.2. The van der Waals surface area contributed by atoms with Gasteiger partial charge in [-0.15, -0.1) is 0 Å². The van der Waals surface area contributed by atoms with E-state index >= 15 is 0 Å². The maximum absolute atomic E-state index is 12.0. The van der Waals surface area contributed by atoms with E-state index in [-0.39, 0.29) is 0 Å². The molecule has 1 rings (SSSR count). The molecule has 2 nitrogen and oxygen atoms in total. The molecule has 3 heteroatoms. The monoisotopic (exact) mass is 217 g/mol. The van der Waals surface area contributed by atoms with Crippen molar-refractivity contribution in [1.29, 1.82) is 0 Å². The smallest absolute Gasteiger partial charge is 0.0499 e. The van der Waals surface area contributed by atoms with E-state index in [0.717, 1.165) is 18.6 Å². The molecule has 0 amide bonds. The fourth-order valence-electron chi connectivity index (χ4n) is 2.25. The molecule has 14 heavy (non-hydrogen) atoms. The molecule has 0 saturated carbocycles. The average Bonchev–Trinajstić information content (AvgIpc) is 2.18. The molecular weight excluding hydrogens is 194 g/mol. The fourth-order valence-corrected chi connectivity index (χ4v) is 4.18. The number of hydrogen-bond acceptors (Lipinski definition) is 2. The third kappa shape index (κ3) is 2.80. The molecule has 0 aromatic rings. The van der Waals surface area contributed by atoms with E-state index in [1.807, 2.05) is 0 Å². The zero-order valence-electron chi connectivity index (χ0n) is 9.58. The first-order valence-corrected chi connectivity index (χ1v) is 7.24. The minimum Gasteiger partial charge on any atom is -0.309 e. The number of rotatable bonds is 4. The highest BCUT2D eigenvalue weighted by molar-refractivity contribution is 7.85. The van der Waals surface area contributed by atoms with Gasteiger partial charge in [-0.05, 0) is 19.3 Å². The van der Waals surface area contributed by atoms with Gasteiger partial charge < -0.3 is 5.32 Å². The van der Waals surface area contributed by atoms with Crippen molar-refractivity contribution in [1.82, 2.24) is 5.32 Å². The van der Waals surface area contributed by atoms with E-state index in [1.165, 1.54) is 12.8 Å². The first-order chi connectivity index (χ1) is 6.72. The molecule has 1 aliphatic heterocycles. The fraction of sp³-hybridized carbons (Fsp3) is 1.00. The van der Waals surface area contributed by atoms with Gasteiger partial charge in [0, 0.05) is 33.9 Å². The lowest BCUT2D eigenvalue weighted by molar-refractivity contribution is 0.378. The van der Waals surface area contributed by atoms with Crippen LogP contribution in [0, 0.1) is 0 Å². The Bertz CT molecular complexity index is 196. The number of nitrogens with one attached hydrogen (secondary N) is 1. The van der Waals surface area contributed by atoms with Gasteiger partial charge in [-0.25, -0.2) is 0 Å². The molecule has 1 aliphatic rings. The molecule has 0 spiro atoms. The molecule has 0 radical (unpaired) electrons. The summed E-state index contributed by atoms with van der Waals surface area (Å²) in [5.41, 5.74) is 0. The molecule has 0 aromatic carbocycles. The lowest BCUT2D eigenvalue weighted by Gasteiger charge is -2.36. The van der Waals surface area contributed by atoms with Gasteiger partial charge in [0.05, 0.1) is 0 Å². The quantitative estimate of drug-likeness (QED) is 0.781. The normalized spacial score (nSPS) is 38.5. The van der Waals surface area contributed by atoms with Gasteiger partial charge in [0.1, 0.15) is 0 Å². The van der Waals surface area contributed by atoms with Gasteiger partial charge in [-0.3, -0.25) is 4.21 Å². The largest absolute Gasteiger partial charge is 0.309 e. The van der Waals surface area contributed by atoms with Crippen LogP contribution in [0.1, 0.15) is 46.5 Å². The molecule has 0 bridgehead atoms. The van der Waals surface area contributed by atoms with Crippen LogP contribution in [0.4, 0.5) is 0 Å². The Kier molecular flexibility index (Phi) is 5.10. The van der Waals surface area contributed by atoms with E-state index in [4.69, 9.17) is 0 Å². The van der Waals surface area contributed by atoms with Crippen molar-refractivity contribution >= 4 is 10.8 Å². The molecule has 1 N–H and O–H groups in total. The summed E-state index contributed by atoms with van der Waals surface area (Å²) in [5.74, 6) is 0.856. The summed E-state index contributed by atoms with van der Waals surface area (Å²) >= 11 is 0. The predicted molar refractivity (Wildman–Crippen MR) is 63.0 cm³/mol. The second kappa shape index (κ2) is 5.86. The van der Waals surface area contributed by atoms with Crippen LogP contribution in [0.5, 0.6) is 0 Å². The van der Waals surface area contributed by atoms with Crippen molar-refractivity contribution in [2.75, 3.05) is 5.75 Å². The van der Waals surface area contributed by atoms with Crippen LogP contribution in [0.25, 0.3) is 0 Å². The van der Waals surface area contributed by atoms with Gasteiger partial charge in [-0.2, -0.15) is 0 Å². The summed E-state index contributed by atoms with van der Waals surface area (Å²) in [6, 6.07) is 0.972. The number of hydrogen-bond donors (Lipinski definition) is 1. The summed E-state index contributed by atoms with van der Waals surface area (Å²) in [7, 11) is -0.602. The van der Waals surface area contributed by atoms with E-state index < -0.39 is 10.8 Å². The summed E-state index contributed by atoms with van der Waals surface area (Å²) in [6.07, 6.45) is 4.49. The summed E-state index contributed by atoms with van der Waals surface area (Å²) in [4.78, 5) is 0. The molecular formula is C11H23NOS. The van der Waals surface area contributed by atoms with Crippen LogP contribution < -0.4 is 5.32 Å². The van der Waals surface area contributed by atoms with Crippen LogP contribution in [0.3, 0.4) is 0 Å². The van der Waals surface area contributed by atoms with Crippen molar-refractivity contribution in [2.24, 2.45) is 0 Å². The molecule has 1 heterocycles. The molecule has 0 aliphatic carbocycles. The predicted octanol–water partition coefficient (Wildman–Crippen LogP) is 2.06. The van der Waals surface area contributed by atoms with Crippen LogP contribution in [-0.4, -0.2) is 27.3 Å². The Morgan fingerprint density at radius 2 is 2.00 bits per heavy atom. The SMILES string of the molecule is CCCC1NC(CC)CS(=O)C1CC. The van der Waals surface area contributed by atoms with Gasteiger partial charge >= 0.3 is 0 Å². The van der Waals surface area contributed by atoms with Crippen LogP contribution >= 0.6 is 0 Å². The molecule has 4 atom stereocenters. The highest BCUT2D eigenvalue weighted by Gasteiger charge is 2.32. The minimum absolute atomic E-state index is 0.387. The second-order valence-corrected chi connectivity index (χ2v) is 5.86. The Labute approximate surface area is 90.3 Å². The molecule has 4 unspecified atom stereocenters. The summed E-state index contributed by atoms with van der Waals surface area (Å²) in [5, 5.41) is 4.03. The highest BCUT2D eigenvalue weighted by Crippen LogP contribution is 2.19. The first kappa shape index (κ1) is 12.2.